The molecule has 1 heterocycles. The fraction of sp³-hybridized carbons (Fsp3) is 0.500. The van der Waals surface area contributed by atoms with Gasteiger partial charge in [-0.25, -0.2) is 0 Å². The average Bonchev–Trinajstić information content (AvgIpc) is 2.47. The lowest BCUT2D eigenvalue weighted by atomic mass is 9.85. The van der Waals surface area contributed by atoms with Crippen molar-refractivity contribution in [2.75, 3.05) is 6.61 Å². The van der Waals surface area contributed by atoms with Crippen LogP contribution in [0, 0.1) is 5.92 Å². The molecule has 0 radical (unpaired) electrons. The second-order valence-corrected chi connectivity index (χ2v) is 5.28. The van der Waals surface area contributed by atoms with Gasteiger partial charge in [0.25, 0.3) is 0 Å². The monoisotopic (exact) mass is 313 g/mol. The third-order valence-corrected chi connectivity index (χ3v) is 3.70. The first kappa shape index (κ1) is 16.5. The van der Waals surface area contributed by atoms with Gasteiger partial charge in [-0.15, -0.1) is 0 Å². The van der Waals surface area contributed by atoms with Crippen molar-refractivity contribution in [3.63, 3.8) is 0 Å². The highest BCUT2D eigenvalue weighted by atomic mass is 19.4. The lowest BCUT2D eigenvalue weighted by Gasteiger charge is -2.22. The number of aromatic nitrogens is 1. The molecule has 1 unspecified atom stereocenters. The van der Waals surface area contributed by atoms with Gasteiger partial charge in [0.15, 0.2) is 0 Å². The van der Waals surface area contributed by atoms with E-state index < -0.39 is 11.7 Å². The number of carbonyl (C=O) groups is 1. The molecule has 0 aromatic carbocycles. The van der Waals surface area contributed by atoms with Crippen molar-refractivity contribution in [3.05, 3.63) is 35.7 Å². The third kappa shape index (κ3) is 4.08. The topological polar surface area (TPSA) is 39.2 Å². The van der Waals surface area contributed by atoms with Crippen molar-refractivity contribution in [2.45, 2.75) is 38.8 Å². The van der Waals surface area contributed by atoms with E-state index in [-0.39, 0.29) is 17.6 Å². The van der Waals surface area contributed by atoms with Crippen molar-refractivity contribution in [3.8, 4) is 0 Å². The first-order valence-corrected chi connectivity index (χ1v) is 7.29. The van der Waals surface area contributed by atoms with Crippen LogP contribution in [0.3, 0.4) is 0 Å². The van der Waals surface area contributed by atoms with E-state index in [2.05, 4.69) is 4.98 Å². The summed E-state index contributed by atoms with van der Waals surface area (Å²) >= 11 is 0. The van der Waals surface area contributed by atoms with E-state index in [0.717, 1.165) is 6.07 Å². The molecular weight excluding hydrogens is 295 g/mol. The molecule has 120 valence electrons. The number of halogens is 3. The second kappa shape index (κ2) is 6.94. The molecule has 1 aliphatic carbocycles. The predicted molar refractivity (Wildman–Crippen MR) is 75.8 cm³/mol. The molecule has 0 amide bonds. The maximum atomic E-state index is 13.0. The van der Waals surface area contributed by atoms with Gasteiger partial charge < -0.3 is 4.74 Å². The highest BCUT2D eigenvalue weighted by molar-refractivity contribution is 5.70. The van der Waals surface area contributed by atoms with Crippen LogP contribution in [0.1, 0.15) is 43.9 Å². The Morgan fingerprint density at radius 1 is 1.45 bits per heavy atom. The fourth-order valence-electron chi connectivity index (χ4n) is 2.63. The normalized spacial score (nSPS) is 18.7. The summed E-state index contributed by atoms with van der Waals surface area (Å²) in [6, 6.07) is 2.34. The van der Waals surface area contributed by atoms with Crippen molar-refractivity contribution < 1.29 is 22.7 Å². The minimum absolute atomic E-state index is 0.00425. The number of carbonyl (C=O) groups excluding carboxylic acids is 1. The summed E-state index contributed by atoms with van der Waals surface area (Å²) in [5, 5.41) is 0. The predicted octanol–water partition coefficient (Wildman–Crippen LogP) is 4.24. The lowest BCUT2D eigenvalue weighted by Crippen LogP contribution is -2.15. The Hall–Kier alpha value is -1.85. The van der Waals surface area contributed by atoms with Crippen molar-refractivity contribution in [2.24, 2.45) is 5.92 Å². The number of rotatable bonds is 4. The number of esters is 1. The van der Waals surface area contributed by atoms with E-state index in [1.165, 1.54) is 12.3 Å². The molecule has 6 heteroatoms. The minimum atomic E-state index is -4.41. The number of ether oxygens (including phenoxy) is 1. The van der Waals surface area contributed by atoms with Crippen LogP contribution in [-0.2, 0) is 15.7 Å². The van der Waals surface area contributed by atoms with Crippen molar-refractivity contribution >= 4 is 11.5 Å². The molecule has 0 fully saturated rings. The number of nitrogens with zero attached hydrogens (tertiary/aromatic N) is 1. The molecule has 2 rings (SSSR count). The summed E-state index contributed by atoms with van der Waals surface area (Å²) in [5.41, 5.74) is -0.0947. The summed E-state index contributed by atoms with van der Waals surface area (Å²) < 4.78 is 43.9. The Balaban J connectivity index is 2.10. The molecule has 0 N–H and O–H groups in total. The van der Waals surface area contributed by atoms with Crippen LogP contribution in [0.15, 0.2) is 24.4 Å². The van der Waals surface area contributed by atoms with Crippen LogP contribution in [0.4, 0.5) is 13.2 Å². The Kier molecular flexibility index (Phi) is 5.21. The van der Waals surface area contributed by atoms with Gasteiger partial charge in [-0.3, -0.25) is 9.78 Å². The van der Waals surface area contributed by atoms with Crippen LogP contribution in [0.25, 0.3) is 5.57 Å². The highest BCUT2D eigenvalue weighted by Gasteiger charge is 2.35. The molecule has 1 aromatic rings. The maximum Gasteiger partial charge on any atom is 0.418 e. The van der Waals surface area contributed by atoms with E-state index in [0.29, 0.717) is 37.9 Å². The van der Waals surface area contributed by atoms with Crippen LogP contribution < -0.4 is 0 Å². The molecular formula is C16H18F3NO2. The van der Waals surface area contributed by atoms with E-state index >= 15 is 0 Å². The zero-order valence-electron chi connectivity index (χ0n) is 12.3. The van der Waals surface area contributed by atoms with Gasteiger partial charge in [-0.1, -0.05) is 6.08 Å². The van der Waals surface area contributed by atoms with Crippen molar-refractivity contribution in [1.29, 1.82) is 0 Å². The van der Waals surface area contributed by atoms with Gasteiger partial charge in [-0.05, 0) is 49.8 Å². The summed E-state index contributed by atoms with van der Waals surface area (Å²) in [5.74, 6) is -0.126. The molecule has 0 saturated carbocycles. The quantitative estimate of drug-likeness (QED) is 0.781. The molecule has 0 bridgehead atoms. The number of alkyl halides is 3. The molecule has 0 saturated heterocycles. The highest BCUT2D eigenvalue weighted by Crippen LogP contribution is 2.38. The van der Waals surface area contributed by atoms with Gasteiger partial charge in [0.05, 0.1) is 17.9 Å². The summed E-state index contributed by atoms with van der Waals surface area (Å²) in [4.78, 5) is 15.3. The Morgan fingerprint density at radius 3 is 2.82 bits per heavy atom. The van der Waals surface area contributed by atoms with Crippen LogP contribution in [-0.4, -0.2) is 17.6 Å². The number of hydrogen-bond acceptors (Lipinski definition) is 3. The second-order valence-electron chi connectivity index (χ2n) is 5.28. The first-order chi connectivity index (χ1) is 10.4. The molecule has 22 heavy (non-hydrogen) atoms. The Labute approximate surface area is 127 Å². The molecule has 0 spiro atoms. The Morgan fingerprint density at radius 2 is 2.23 bits per heavy atom. The largest absolute Gasteiger partial charge is 0.466 e. The van der Waals surface area contributed by atoms with Gasteiger partial charge >= 0.3 is 12.1 Å². The summed E-state index contributed by atoms with van der Waals surface area (Å²) in [6.45, 7) is 2.09. The zero-order valence-corrected chi connectivity index (χ0v) is 12.3. The fourth-order valence-corrected chi connectivity index (χ4v) is 2.63. The third-order valence-electron chi connectivity index (χ3n) is 3.70. The van der Waals surface area contributed by atoms with Gasteiger partial charge in [0, 0.05) is 12.6 Å². The molecule has 0 aliphatic heterocycles. The number of pyridine rings is 1. The number of allylic oxidation sites excluding steroid dienone is 2. The van der Waals surface area contributed by atoms with Gasteiger partial charge in [0.1, 0.15) is 0 Å². The summed E-state index contributed by atoms with van der Waals surface area (Å²) in [6.07, 6.45) is 0.768. The van der Waals surface area contributed by atoms with Crippen LogP contribution >= 0.6 is 0 Å². The van der Waals surface area contributed by atoms with Gasteiger partial charge in [0.2, 0.25) is 0 Å². The van der Waals surface area contributed by atoms with Gasteiger partial charge in [-0.2, -0.15) is 13.2 Å². The minimum Gasteiger partial charge on any atom is -0.466 e. The van der Waals surface area contributed by atoms with E-state index in [1.54, 1.807) is 13.0 Å². The van der Waals surface area contributed by atoms with Crippen LogP contribution in [0.5, 0.6) is 0 Å². The standard InChI is InChI=1S/C16H18F3NO2/c1-2-22-14(21)10-11-5-7-12(8-6-11)15-13(16(17,18)19)4-3-9-20-15/h3-4,7,9,11H,2,5-6,8,10H2,1H3. The Bertz CT molecular complexity index is 567. The van der Waals surface area contributed by atoms with E-state index in [1.807, 2.05) is 0 Å². The smallest absolute Gasteiger partial charge is 0.418 e. The van der Waals surface area contributed by atoms with E-state index in [4.69, 9.17) is 4.74 Å². The summed E-state index contributed by atoms with van der Waals surface area (Å²) in [7, 11) is 0. The lowest BCUT2D eigenvalue weighted by molar-refractivity contribution is -0.144. The number of hydrogen-bond donors (Lipinski definition) is 0. The molecule has 1 aromatic heterocycles. The van der Waals surface area contributed by atoms with E-state index in [9.17, 15) is 18.0 Å². The SMILES string of the molecule is CCOC(=O)CC1CC=C(c2ncccc2C(F)(F)F)CC1. The van der Waals surface area contributed by atoms with Crippen LogP contribution in [0.2, 0.25) is 0 Å². The average molecular weight is 313 g/mol. The zero-order chi connectivity index (χ0) is 16.2. The first-order valence-electron chi connectivity index (χ1n) is 7.29. The molecule has 1 aliphatic rings. The maximum absolute atomic E-state index is 13.0. The van der Waals surface area contributed by atoms with Crippen molar-refractivity contribution in [1.82, 2.24) is 4.98 Å². The molecule has 3 nitrogen and oxygen atoms in total. The molecule has 1 atom stereocenters.